The van der Waals surface area contributed by atoms with Gasteiger partial charge in [0.05, 0.1) is 72.8 Å². The van der Waals surface area contributed by atoms with Crippen LogP contribution >= 0.6 is 11.6 Å². The Morgan fingerprint density at radius 2 is 1.96 bits per heavy atom. The highest BCUT2D eigenvalue weighted by Gasteiger charge is 2.46. The maximum Gasteiger partial charge on any atom is 0.337 e. The van der Waals surface area contributed by atoms with E-state index in [2.05, 4.69) is 30.5 Å². The zero-order valence-electron chi connectivity index (χ0n) is 26.1. The van der Waals surface area contributed by atoms with Gasteiger partial charge in [-0.15, -0.1) is 0 Å². The van der Waals surface area contributed by atoms with Gasteiger partial charge >= 0.3 is 5.97 Å². The first kappa shape index (κ1) is 29.7. The number of pyridine rings is 1. The number of esters is 1. The van der Waals surface area contributed by atoms with Crippen LogP contribution in [-0.4, -0.2) is 80.7 Å². The summed E-state index contributed by atoms with van der Waals surface area (Å²) in [5.41, 5.74) is 3.84. The van der Waals surface area contributed by atoms with Crippen LogP contribution in [0.1, 0.15) is 28.8 Å². The molecule has 5 aromatic rings. The van der Waals surface area contributed by atoms with E-state index in [1.54, 1.807) is 24.5 Å². The highest BCUT2D eigenvalue weighted by atomic mass is 35.5. The van der Waals surface area contributed by atoms with Gasteiger partial charge in [0.25, 0.3) is 5.79 Å². The number of imidazole rings is 1. The number of benzene rings is 2. The van der Waals surface area contributed by atoms with Gasteiger partial charge in [-0.2, -0.15) is 5.10 Å². The second kappa shape index (κ2) is 11.9. The molecule has 0 saturated carbocycles. The van der Waals surface area contributed by atoms with Gasteiger partial charge in [0.15, 0.2) is 11.5 Å². The zero-order valence-corrected chi connectivity index (χ0v) is 26.8. The molecule has 8 rings (SSSR count). The Morgan fingerprint density at radius 3 is 2.77 bits per heavy atom. The standard InChI is InChI=1S/C34H34ClN7O5/c1-34(30-10-8-23(35)18-36-30)46-29-6-3-5-25(32(29)47-34)41-15-13-39(27-20-45-21-28(27)41)19-31-38-24-9-7-22(33(43)44-2)17-26(24)42(31)16-14-40-12-4-11-37-40/h3-12,17-18,27-28H,13-16,19-21H2,1-2H3/t27-,28+,34-/m0/s1. The first-order valence-electron chi connectivity index (χ1n) is 15.7. The molecule has 0 spiro atoms. The summed E-state index contributed by atoms with van der Waals surface area (Å²) in [7, 11) is 1.39. The third kappa shape index (κ3) is 5.35. The van der Waals surface area contributed by atoms with E-state index in [-0.39, 0.29) is 18.1 Å². The van der Waals surface area contributed by atoms with Crippen LogP contribution < -0.4 is 14.4 Å². The average molecular weight is 656 g/mol. The van der Waals surface area contributed by atoms with E-state index in [0.29, 0.717) is 60.6 Å². The Labute approximate surface area is 276 Å². The number of halogens is 1. The molecule has 0 amide bonds. The molecule has 3 atom stereocenters. The number of carbonyl (C=O) groups excluding carboxylic acids is 1. The van der Waals surface area contributed by atoms with E-state index in [9.17, 15) is 4.79 Å². The summed E-state index contributed by atoms with van der Waals surface area (Å²) in [6.45, 7) is 6.59. The summed E-state index contributed by atoms with van der Waals surface area (Å²) in [6.07, 6.45) is 5.32. The fourth-order valence-electron chi connectivity index (χ4n) is 6.93. The molecular weight excluding hydrogens is 622 g/mol. The van der Waals surface area contributed by atoms with Crippen LogP contribution in [0.5, 0.6) is 11.5 Å². The number of ether oxygens (including phenoxy) is 4. The van der Waals surface area contributed by atoms with Crippen molar-refractivity contribution < 1.29 is 23.7 Å². The molecule has 0 bridgehead atoms. The summed E-state index contributed by atoms with van der Waals surface area (Å²) >= 11 is 6.09. The topological polar surface area (TPSA) is 109 Å². The number of carbonyl (C=O) groups is 1. The average Bonchev–Trinajstić information content (AvgIpc) is 3.89. The van der Waals surface area contributed by atoms with Crippen molar-refractivity contribution in [1.82, 2.24) is 29.2 Å². The van der Waals surface area contributed by atoms with Crippen LogP contribution in [0.4, 0.5) is 5.69 Å². The predicted molar refractivity (Wildman–Crippen MR) is 174 cm³/mol. The molecule has 6 heterocycles. The lowest BCUT2D eigenvalue weighted by Crippen LogP contribution is -2.59. The minimum Gasteiger partial charge on any atom is -0.465 e. The van der Waals surface area contributed by atoms with Crippen LogP contribution in [0.15, 0.2) is 73.2 Å². The fraction of sp³-hybridized carbons (Fsp3) is 0.353. The highest BCUT2D eigenvalue weighted by Crippen LogP contribution is 2.50. The molecular formula is C34H34ClN7O5. The Bertz CT molecular complexity index is 1930. The molecule has 2 fully saturated rings. The fourth-order valence-corrected chi connectivity index (χ4v) is 7.05. The van der Waals surface area contributed by atoms with Gasteiger partial charge in [-0.25, -0.2) is 9.78 Å². The van der Waals surface area contributed by atoms with Gasteiger partial charge in [0, 0.05) is 45.1 Å². The van der Waals surface area contributed by atoms with E-state index in [1.807, 2.05) is 54.2 Å². The summed E-state index contributed by atoms with van der Waals surface area (Å²) < 4.78 is 28.1. The molecule has 2 aromatic carbocycles. The van der Waals surface area contributed by atoms with Crippen molar-refractivity contribution in [2.45, 2.75) is 44.4 Å². The molecule has 0 aliphatic carbocycles. The van der Waals surface area contributed by atoms with Gasteiger partial charge in [-0.1, -0.05) is 17.7 Å². The number of nitrogens with zero attached hydrogens (tertiary/aromatic N) is 7. The smallest absolute Gasteiger partial charge is 0.337 e. The Morgan fingerprint density at radius 1 is 1.06 bits per heavy atom. The predicted octanol–water partition coefficient (Wildman–Crippen LogP) is 4.50. The Kier molecular flexibility index (Phi) is 7.50. The monoisotopic (exact) mass is 655 g/mol. The summed E-state index contributed by atoms with van der Waals surface area (Å²) in [5, 5.41) is 4.94. The van der Waals surface area contributed by atoms with Crippen molar-refractivity contribution >= 4 is 34.3 Å². The maximum absolute atomic E-state index is 12.4. The summed E-state index contributed by atoms with van der Waals surface area (Å²) in [5.74, 6) is 0.864. The third-order valence-corrected chi connectivity index (χ3v) is 9.51. The number of methoxy groups -OCH3 is 1. The molecule has 2 saturated heterocycles. The number of fused-ring (bicyclic) bond motifs is 3. The number of hydrogen-bond donors (Lipinski definition) is 0. The molecule has 242 valence electrons. The first-order chi connectivity index (χ1) is 22.9. The van der Waals surface area contributed by atoms with Crippen molar-refractivity contribution in [2.75, 3.05) is 38.3 Å². The van der Waals surface area contributed by atoms with E-state index in [4.69, 9.17) is 35.5 Å². The molecule has 0 N–H and O–H groups in total. The van der Waals surface area contributed by atoms with Gasteiger partial charge in [0.1, 0.15) is 11.5 Å². The van der Waals surface area contributed by atoms with Gasteiger partial charge in [-0.05, 0) is 48.5 Å². The second-order valence-electron chi connectivity index (χ2n) is 12.1. The van der Waals surface area contributed by atoms with Crippen molar-refractivity contribution in [1.29, 1.82) is 0 Å². The van der Waals surface area contributed by atoms with E-state index < -0.39 is 5.79 Å². The Balaban J connectivity index is 1.06. The van der Waals surface area contributed by atoms with E-state index in [0.717, 1.165) is 35.6 Å². The molecule has 0 unspecified atom stereocenters. The van der Waals surface area contributed by atoms with Gasteiger partial charge < -0.3 is 28.4 Å². The van der Waals surface area contributed by atoms with Crippen molar-refractivity contribution in [3.8, 4) is 11.5 Å². The Hall–Kier alpha value is -4.65. The number of piperazine rings is 1. The highest BCUT2D eigenvalue weighted by molar-refractivity contribution is 6.30. The molecule has 3 aliphatic heterocycles. The van der Waals surface area contributed by atoms with Crippen molar-refractivity contribution in [3.05, 3.63) is 95.3 Å². The lowest BCUT2D eigenvalue weighted by Gasteiger charge is -2.44. The third-order valence-electron chi connectivity index (χ3n) is 9.29. The molecule has 47 heavy (non-hydrogen) atoms. The van der Waals surface area contributed by atoms with Crippen molar-refractivity contribution in [2.24, 2.45) is 0 Å². The molecule has 3 aromatic heterocycles. The minimum absolute atomic E-state index is 0.104. The quantitative estimate of drug-likeness (QED) is 0.222. The summed E-state index contributed by atoms with van der Waals surface area (Å²) in [6, 6.07) is 17.3. The number of rotatable bonds is 8. The van der Waals surface area contributed by atoms with Crippen LogP contribution in [0.2, 0.25) is 5.02 Å². The number of aromatic nitrogens is 5. The lowest BCUT2D eigenvalue weighted by atomic mass is 10.0. The molecule has 3 aliphatic rings. The van der Waals surface area contributed by atoms with Crippen LogP contribution in [0.3, 0.4) is 0 Å². The first-order valence-corrected chi connectivity index (χ1v) is 16.0. The number of para-hydroxylation sites is 1. The number of anilines is 1. The molecule has 13 heteroatoms. The van der Waals surface area contributed by atoms with E-state index >= 15 is 0 Å². The lowest BCUT2D eigenvalue weighted by molar-refractivity contribution is -0.0716. The van der Waals surface area contributed by atoms with Gasteiger partial charge in [0.2, 0.25) is 0 Å². The largest absolute Gasteiger partial charge is 0.465 e. The number of aryl methyl sites for hydroxylation is 2. The number of hydrogen-bond acceptors (Lipinski definition) is 10. The molecule has 0 radical (unpaired) electrons. The van der Waals surface area contributed by atoms with Crippen LogP contribution in [0, 0.1) is 0 Å². The van der Waals surface area contributed by atoms with E-state index in [1.165, 1.54) is 7.11 Å². The second-order valence-corrected chi connectivity index (χ2v) is 12.5. The normalized spacial score (nSPS) is 22.1. The summed E-state index contributed by atoms with van der Waals surface area (Å²) in [4.78, 5) is 26.8. The molecule has 12 nitrogen and oxygen atoms in total. The minimum atomic E-state index is -1.07. The maximum atomic E-state index is 12.4. The SMILES string of the molecule is COC(=O)c1ccc2nc(CN3CCN(c4cccc5c4O[C@@](C)(c4ccc(Cl)cn4)O5)[C@@H]4COC[C@@H]43)n(CCn3cccn3)c2c1. The van der Waals surface area contributed by atoms with Crippen LogP contribution in [0.25, 0.3) is 11.0 Å². The zero-order chi connectivity index (χ0) is 32.1. The van der Waals surface area contributed by atoms with Crippen molar-refractivity contribution in [3.63, 3.8) is 0 Å². The van der Waals surface area contributed by atoms with Crippen LogP contribution in [-0.2, 0) is 34.9 Å². The van der Waals surface area contributed by atoms with Gasteiger partial charge in [-0.3, -0.25) is 14.6 Å².